The second-order valence-electron chi connectivity index (χ2n) is 10.2. The van der Waals surface area contributed by atoms with Crippen molar-refractivity contribution in [1.82, 2.24) is 4.31 Å². The van der Waals surface area contributed by atoms with E-state index in [2.05, 4.69) is 12.2 Å². The number of sulfonamides is 1. The third-order valence-electron chi connectivity index (χ3n) is 7.15. The molecule has 198 valence electrons. The normalized spacial score (nSPS) is 16.9. The predicted molar refractivity (Wildman–Crippen MR) is 140 cm³/mol. The number of quaternary nitrogens is 1. The van der Waals surface area contributed by atoms with E-state index in [1.54, 1.807) is 16.4 Å². The molecule has 0 radical (unpaired) electrons. The average Bonchev–Trinajstić information content (AvgIpc) is 2.82. The molecular formula is C28H51ClN2O2S. The first-order valence-electron chi connectivity index (χ1n) is 13.9. The van der Waals surface area contributed by atoms with Crippen LogP contribution in [-0.4, -0.2) is 38.4 Å². The van der Waals surface area contributed by atoms with Crippen LogP contribution in [0, 0.1) is 6.92 Å². The topological polar surface area (TPSA) is 54.0 Å². The molecule has 0 spiro atoms. The molecule has 1 aliphatic heterocycles. The average molecular weight is 515 g/mol. The molecule has 2 N–H and O–H groups in total. The molecule has 1 aliphatic rings. The van der Waals surface area contributed by atoms with E-state index < -0.39 is 10.0 Å². The van der Waals surface area contributed by atoms with E-state index in [9.17, 15) is 8.42 Å². The third-order valence-corrected chi connectivity index (χ3v) is 9.03. The van der Waals surface area contributed by atoms with Crippen molar-refractivity contribution in [3.63, 3.8) is 0 Å². The fourth-order valence-corrected chi connectivity index (χ4v) is 6.46. The first-order valence-corrected chi connectivity index (χ1v) is 15.4. The SMILES string of the molecule is CCCCCCCCCCCCCCCCCC1CN(S(=O)(=O)c2ccc(C)cc2)CC[NH2+]1.[Cl-]. The quantitative estimate of drug-likeness (QED) is 0.306. The Bertz CT molecular complexity index is 724. The minimum absolute atomic E-state index is 0. The van der Waals surface area contributed by atoms with Crippen molar-refractivity contribution in [2.24, 2.45) is 0 Å². The standard InChI is InChI=1S/C28H50N2O2S.ClH/c1-3-4-5-6-7-8-9-10-11-12-13-14-15-16-17-18-27-25-30(24-23-29-27)33(31,32)28-21-19-26(2)20-22-28;/h19-22,27,29H,3-18,23-25H2,1-2H3;1H. The van der Waals surface area contributed by atoms with Gasteiger partial charge in [-0.2, -0.15) is 4.31 Å². The molecule has 0 aromatic heterocycles. The summed E-state index contributed by atoms with van der Waals surface area (Å²) < 4.78 is 27.6. The van der Waals surface area contributed by atoms with E-state index in [0.29, 0.717) is 24.0 Å². The zero-order valence-corrected chi connectivity index (χ0v) is 23.5. The molecule has 1 fully saturated rings. The van der Waals surface area contributed by atoms with Crippen molar-refractivity contribution in [3.8, 4) is 0 Å². The van der Waals surface area contributed by atoms with E-state index in [1.165, 1.54) is 96.3 Å². The Morgan fingerprint density at radius 1 is 0.794 bits per heavy atom. The highest BCUT2D eigenvalue weighted by Gasteiger charge is 2.31. The Morgan fingerprint density at radius 2 is 1.26 bits per heavy atom. The molecule has 1 unspecified atom stereocenters. The van der Waals surface area contributed by atoms with E-state index >= 15 is 0 Å². The Balaban J connectivity index is 0.00000578. The molecular weight excluding hydrogens is 464 g/mol. The summed E-state index contributed by atoms with van der Waals surface area (Å²) in [5, 5.41) is 2.35. The minimum Gasteiger partial charge on any atom is -1.00 e. The van der Waals surface area contributed by atoms with Gasteiger partial charge < -0.3 is 17.7 Å². The first-order chi connectivity index (χ1) is 16.0. The molecule has 6 heteroatoms. The minimum atomic E-state index is -3.36. The summed E-state index contributed by atoms with van der Waals surface area (Å²) in [6, 6.07) is 7.66. The maximum absolute atomic E-state index is 13.0. The molecule has 2 rings (SSSR count). The molecule has 0 bridgehead atoms. The lowest BCUT2D eigenvalue weighted by molar-refractivity contribution is -0.696. The summed E-state index contributed by atoms with van der Waals surface area (Å²) >= 11 is 0. The maximum atomic E-state index is 13.0. The lowest BCUT2D eigenvalue weighted by Crippen LogP contribution is -3.00. The van der Waals surface area contributed by atoms with Crippen molar-refractivity contribution < 1.29 is 26.1 Å². The molecule has 4 nitrogen and oxygen atoms in total. The molecule has 0 amide bonds. The van der Waals surface area contributed by atoms with Gasteiger partial charge in [0.1, 0.15) is 0 Å². The van der Waals surface area contributed by atoms with Crippen LogP contribution in [0.4, 0.5) is 0 Å². The Hall–Kier alpha value is -0.620. The summed E-state index contributed by atoms with van der Waals surface area (Å²) in [6.07, 6.45) is 21.9. The highest BCUT2D eigenvalue weighted by atomic mass is 35.5. The second-order valence-corrected chi connectivity index (χ2v) is 12.1. The van der Waals surface area contributed by atoms with Crippen LogP contribution in [0.3, 0.4) is 0 Å². The zero-order valence-electron chi connectivity index (χ0n) is 21.9. The summed E-state index contributed by atoms with van der Waals surface area (Å²) in [6.45, 7) is 6.40. The van der Waals surface area contributed by atoms with Gasteiger partial charge in [-0.05, 0) is 25.5 Å². The molecule has 0 aliphatic carbocycles. The molecule has 0 saturated carbocycles. The highest BCUT2D eigenvalue weighted by molar-refractivity contribution is 7.89. The van der Waals surface area contributed by atoms with E-state index in [1.807, 2.05) is 19.1 Å². The number of aryl methyl sites for hydroxylation is 1. The number of halogens is 1. The second kappa shape index (κ2) is 18.6. The van der Waals surface area contributed by atoms with Crippen molar-refractivity contribution in [2.75, 3.05) is 19.6 Å². The van der Waals surface area contributed by atoms with Crippen LogP contribution < -0.4 is 17.7 Å². The van der Waals surface area contributed by atoms with Gasteiger partial charge in [0.15, 0.2) is 0 Å². The van der Waals surface area contributed by atoms with Crippen LogP contribution in [0.25, 0.3) is 0 Å². The summed E-state index contributed by atoms with van der Waals surface area (Å²) in [5.74, 6) is 0. The van der Waals surface area contributed by atoms with Crippen LogP contribution >= 0.6 is 0 Å². The smallest absolute Gasteiger partial charge is 0.243 e. The van der Waals surface area contributed by atoms with Gasteiger partial charge in [-0.3, -0.25) is 0 Å². The highest BCUT2D eigenvalue weighted by Crippen LogP contribution is 2.18. The molecule has 34 heavy (non-hydrogen) atoms. The first kappa shape index (κ1) is 31.4. The molecule has 1 heterocycles. The number of piperazine rings is 1. The summed E-state index contributed by atoms with van der Waals surface area (Å²) in [4.78, 5) is 0.431. The maximum Gasteiger partial charge on any atom is 0.243 e. The largest absolute Gasteiger partial charge is 1.00 e. The van der Waals surface area contributed by atoms with Gasteiger partial charge in [0.25, 0.3) is 0 Å². The Labute approximate surface area is 217 Å². The van der Waals surface area contributed by atoms with Gasteiger partial charge >= 0.3 is 0 Å². The van der Waals surface area contributed by atoms with Crippen LogP contribution in [0.2, 0.25) is 0 Å². The van der Waals surface area contributed by atoms with Crippen molar-refractivity contribution in [2.45, 2.75) is 128 Å². The monoisotopic (exact) mass is 514 g/mol. The zero-order chi connectivity index (χ0) is 23.8. The van der Waals surface area contributed by atoms with Gasteiger partial charge in [0, 0.05) is 6.42 Å². The van der Waals surface area contributed by atoms with Gasteiger partial charge in [0.05, 0.1) is 30.6 Å². The van der Waals surface area contributed by atoms with E-state index in [4.69, 9.17) is 0 Å². The Morgan fingerprint density at radius 3 is 1.76 bits per heavy atom. The summed E-state index contributed by atoms with van der Waals surface area (Å²) in [7, 11) is -3.36. The molecule has 1 aromatic rings. The van der Waals surface area contributed by atoms with E-state index in [-0.39, 0.29) is 12.4 Å². The van der Waals surface area contributed by atoms with Crippen molar-refractivity contribution in [3.05, 3.63) is 29.8 Å². The summed E-state index contributed by atoms with van der Waals surface area (Å²) in [5.41, 5.74) is 1.09. The van der Waals surface area contributed by atoms with Gasteiger partial charge in [-0.25, -0.2) is 8.42 Å². The number of nitrogens with zero attached hydrogens (tertiary/aromatic N) is 1. The predicted octanol–water partition coefficient (Wildman–Crippen LogP) is 3.20. The Kier molecular flexibility index (Phi) is 17.2. The number of nitrogens with two attached hydrogens (primary N) is 1. The number of rotatable bonds is 18. The van der Waals surface area contributed by atoms with Crippen LogP contribution in [0.15, 0.2) is 29.2 Å². The lowest BCUT2D eigenvalue weighted by Gasteiger charge is -2.30. The number of benzene rings is 1. The molecule has 1 atom stereocenters. The van der Waals surface area contributed by atoms with Crippen molar-refractivity contribution in [1.29, 1.82) is 0 Å². The fourth-order valence-electron chi connectivity index (χ4n) is 4.95. The molecule has 1 saturated heterocycles. The van der Waals surface area contributed by atoms with Gasteiger partial charge in [-0.15, -0.1) is 0 Å². The fraction of sp³-hybridized carbons (Fsp3) is 0.786. The third kappa shape index (κ3) is 12.4. The van der Waals surface area contributed by atoms with Gasteiger partial charge in [0.2, 0.25) is 10.0 Å². The van der Waals surface area contributed by atoms with Gasteiger partial charge in [-0.1, -0.05) is 115 Å². The van der Waals surface area contributed by atoms with Crippen LogP contribution in [-0.2, 0) is 10.0 Å². The number of hydrogen-bond acceptors (Lipinski definition) is 2. The van der Waals surface area contributed by atoms with E-state index in [0.717, 1.165) is 18.5 Å². The lowest BCUT2D eigenvalue weighted by atomic mass is 10.0. The van der Waals surface area contributed by atoms with Crippen molar-refractivity contribution >= 4 is 10.0 Å². The number of hydrogen-bond donors (Lipinski definition) is 1. The number of unbranched alkanes of at least 4 members (excludes halogenated alkanes) is 14. The van der Waals surface area contributed by atoms with Crippen LogP contribution in [0.1, 0.15) is 115 Å². The van der Waals surface area contributed by atoms with Crippen LogP contribution in [0.5, 0.6) is 0 Å². The molecule has 1 aromatic carbocycles.